The van der Waals surface area contributed by atoms with Gasteiger partial charge in [-0.2, -0.15) is 11.8 Å². The lowest BCUT2D eigenvalue weighted by Gasteiger charge is -2.31. The van der Waals surface area contributed by atoms with Crippen LogP contribution in [-0.2, 0) is 4.74 Å². The van der Waals surface area contributed by atoms with Gasteiger partial charge in [0, 0.05) is 0 Å². The molecule has 0 radical (unpaired) electrons. The average molecular weight is 242 g/mol. The highest BCUT2D eigenvalue weighted by Crippen LogP contribution is 2.40. The summed E-state index contributed by atoms with van der Waals surface area (Å²) in [6, 6.07) is 0. The molecule has 0 spiro atoms. The molecule has 1 atom stereocenters. The second-order valence-electron chi connectivity index (χ2n) is 4.76. The summed E-state index contributed by atoms with van der Waals surface area (Å²) >= 11 is 2.14. The largest absolute Gasteiger partial charge is 0.502 e. The Balaban J connectivity index is 2.28. The summed E-state index contributed by atoms with van der Waals surface area (Å²) in [7, 11) is 0. The lowest BCUT2D eigenvalue weighted by Crippen LogP contribution is -2.20. The first-order valence-electron chi connectivity index (χ1n) is 6.63. The first-order valence-corrected chi connectivity index (χ1v) is 7.79. The Kier molecular flexibility index (Phi) is 7.02. The molecule has 2 heteroatoms. The van der Waals surface area contributed by atoms with Gasteiger partial charge in [0.05, 0.1) is 12.9 Å². The lowest BCUT2D eigenvalue weighted by molar-refractivity contribution is 0.175. The average Bonchev–Trinajstić information content (AvgIpc) is 2.55. The molecule has 16 heavy (non-hydrogen) atoms. The fourth-order valence-corrected chi connectivity index (χ4v) is 3.67. The van der Waals surface area contributed by atoms with Gasteiger partial charge < -0.3 is 4.74 Å². The molecule has 1 saturated heterocycles. The van der Waals surface area contributed by atoms with Gasteiger partial charge in [-0.05, 0) is 55.9 Å². The second-order valence-corrected chi connectivity index (χ2v) is 5.99. The Morgan fingerprint density at radius 2 is 2.19 bits per heavy atom. The standard InChI is InChI=1S/C14H26OS/c1-3-10-15-11-5-7-14(4-2)8-6-12-16-13-9-14/h3,10H,4-9,11-13H2,1-2H3/b10-3+. The molecule has 0 bridgehead atoms. The maximum Gasteiger partial charge on any atom is 0.0873 e. The Morgan fingerprint density at radius 1 is 1.31 bits per heavy atom. The number of rotatable bonds is 6. The minimum Gasteiger partial charge on any atom is -0.502 e. The van der Waals surface area contributed by atoms with Gasteiger partial charge in [-0.1, -0.05) is 19.4 Å². The lowest BCUT2D eigenvalue weighted by atomic mass is 9.75. The van der Waals surface area contributed by atoms with Crippen molar-refractivity contribution < 1.29 is 4.74 Å². The molecule has 94 valence electrons. The van der Waals surface area contributed by atoms with E-state index >= 15 is 0 Å². The summed E-state index contributed by atoms with van der Waals surface area (Å²) in [6.07, 6.45) is 11.9. The molecule has 1 rings (SSSR count). The van der Waals surface area contributed by atoms with Crippen molar-refractivity contribution in [2.24, 2.45) is 5.41 Å². The summed E-state index contributed by atoms with van der Waals surface area (Å²) in [5.74, 6) is 2.74. The molecule has 0 aromatic heterocycles. The zero-order valence-electron chi connectivity index (χ0n) is 10.8. The van der Waals surface area contributed by atoms with Crippen LogP contribution in [0.2, 0.25) is 0 Å². The van der Waals surface area contributed by atoms with Crippen LogP contribution in [-0.4, -0.2) is 18.1 Å². The molecule has 0 amide bonds. The van der Waals surface area contributed by atoms with Gasteiger partial charge in [0.2, 0.25) is 0 Å². The van der Waals surface area contributed by atoms with Gasteiger partial charge in [0.1, 0.15) is 0 Å². The molecule has 1 aliphatic heterocycles. The van der Waals surface area contributed by atoms with Crippen LogP contribution in [0.5, 0.6) is 0 Å². The zero-order chi connectivity index (χ0) is 11.7. The molecule has 0 saturated carbocycles. The van der Waals surface area contributed by atoms with E-state index in [-0.39, 0.29) is 0 Å². The molecule has 1 aliphatic rings. The number of hydrogen-bond acceptors (Lipinski definition) is 2. The van der Waals surface area contributed by atoms with Crippen molar-refractivity contribution in [2.45, 2.75) is 52.4 Å². The van der Waals surface area contributed by atoms with Gasteiger partial charge in [0.25, 0.3) is 0 Å². The zero-order valence-corrected chi connectivity index (χ0v) is 11.7. The Bertz CT molecular complexity index is 193. The molecule has 1 nitrogen and oxygen atoms in total. The van der Waals surface area contributed by atoms with E-state index in [1.807, 2.05) is 19.3 Å². The van der Waals surface area contributed by atoms with Crippen LogP contribution in [0.25, 0.3) is 0 Å². The molecule has 0 N–H and O–H groups in total. The number of hydrogen-bond donors (Lipinski definition) is 0. The molecule has 0 aliphatic carbocycles. The molecule has 0 aromatic carbocycles. The Morgan fingerprint density at radius 3 is 2.94 bits per heavy atom. The highest BCUT2D eigenvalue weighted by molar-refractivity contribution is 7.99. The SMILES string of the molecule is C/C=C/OCCCC1(CC)CCCSCC1. The predicted molar refractivity (Wildman–Crippen MR) is 73.9 cm³/mol. The van der Waals surface area contributed by atoms with Crippen molar-refractivity contribution in [3.63, 3.8) is 0 Å². The van der Waals surface area contributed by atoms with E-state index < -0.39 is 0 Å². The third-order valence-corrected chi connectivity index (χ3v) is 4.79. The van der Waals surface area contributed by atoms with Crippen LogP contribution in [0.4, 0.5) is 0 Å². The number of allylic oxidation sites excluding steroid dienone is 1. The molecule has 1 fully saturated rings. The smallest absolute Gasteiger partial charge is 0.0873 e. The van der Waals surface area contributed by atoms with Gasteiger partial charge in [-0.15, -0.1) is 0 Å². The second kappa shape index (κ2) is 8.05. The van der Waals surface area contributed by atoms with Crippen molar-refractivity contribution >= 4 is 11.8 Å². The highest BCUT2D eigenvalue weighted by atomic mass is 32.2. The first kappa shape index (κ1) is 14.0. The van der Waals surface area contributed by atoms with Gasteiger partial charge >= 0.3 is 0 Å². The van der Waals surface area contributed by atoms with E-state index in [1.54, 1.807) is 0 Å². The van der Waals surface area contributed by atoms with Crippen LogP contribution in [0.15, 0.2) is 12.3 Å². The van der Waals surface area contributed by atoms with Gasteiger partial charge in [0.15, 0.2) is 0 Å². The summed E-state index contributed by atoms with van der Waals surface area (Å²) in [5.41, 5.74) is 0.628. The van der Waals surface area contributed by atoms with Crippen molar-refractivity contribution in [3.05, 3.63) is 12.3 Å². The van der Waals surface area contributed by atoms with Gasteiger partial charge in [-0.3, -0.25) is 0 Å². The van der Waals surface area contributed by atoms with Gasteiger partial charge in [-0.25, -0.2) is 0 Å². The third kappa shape index (κ3) is 4.82. The summed E-state index contributed by atoms with van der Waals surface area (Å²) in [5, 5.41) is 0. The summed E-state index contributed by atoms with van der Waals surface area (Å²) < 4.78 is 5.41. The van der Waals surface area contributed by atoms with Crippen LogP contribution in [0.3, 0.4) is 0 Å². The minimum atomic E-state index is 0.628. The topological polar surface area (TPSA) is 9.23 Å². The van der Waals surface area contributed by atoms with Crippen molar-refractivity contribution in [3.8, 4) is 0 Å². The summed E-state index contributed by atoms with van der Waals surface area (Å²) in [6.45, 7) is 5.25. The van der Waals surface area contributed by atoms with Crippen molar-refractivity contribution in [1.29, 1.82) is 0 Å². The summed E-state index contributed by atoms with van der Waals surface area (Å²) in [4.78, 5) is 0. The molecule has 1 unspecified atom stereocenters. The maximum atomic E-state index is 5.41. The Hall–Kier alpha value is -0.110. The normalized spacial score (nSPS) is 26.9. The number of thioether (sulfide) groups is 1. The Labute approximate surface area is 105 Å². The van der Waals surface area contributed by atoms with Crippen LogP contribution in [0, 0.1) is 5.41 Å². The fraction of sp³-hybridized carbons (Fsp3) is 0.857. The van der Waals surface area contributed by atoms with E-state index in [0.29, 0.717) is 5.41 Å². The highest BCUT2D eigenvalue weighted by Gasteiger charge is 2.28. The maximum absolute atomic E-state index is 5.41. The quantitative estimate of drug-likeness (QED) is 0.496. The van der Waals surface area contributed by atoms with Crippen LogP contribution in [0.1, 0.15) is 52.4 Å². The molecular formula is C14H26OS. The fourth-order valence-electron chi connectivity index (χ4n) is 2.54. The van der Waals surface area contributed by atoms with Crippen molar-refractivity contribution in [2.75, 3.05) is 18.1 Å². The monoisotopic (exact) mass is 242 g/mol. The van der Waals surface area contributed by atoms with E-state index in [9.17, 15) is 0 Å². The van der Waals surface area contributed by atoms with Crippen molar-refractivity contribution in [1.82, 2.24) is 0 Å². The van der Waals surface area contributed by atoms with E-state index in [2.05, 4.69) is 18.7 Å². The minimum absolute atomic E-state index is 0.628. The van der Waals surface area contributed by atoms with Crippen LogP contribution >= 0.6 is 11.8 Å². The van der Waals surface area contributed by atoms with E-state index in [0.717, 1.165) is 6.61 Å². The third-order valence-electron chi connectivity index (χ3n) is 3.72. The predicted octanol–water partition coefficient (Wildman–Crippen LogP) is 4.63. The molecule has 1 heterocycles. The molecule has 0 aromatic rings. The molecular weight excluding hydrogens is 216 g/mol. The van der Waals surface area contributed by atoms with Crippen LogP contribution < -0.4 is 0 Å². The van der Waals surface area contributed by atoms with E-state index in [1.165, 1.54) is 50.0 Å². The first-order chi connectivity index (χ1) is 7.83. The number of ether oxygens (including phenoxy) is 1. The van der Waals surface area contributed by atoms with E-state index in [4.69, 9.17) is 4.74 Å².